The molecule has 0 saturated carbocycles. The number of amides is 2. The number of anilines is 1. The van der Waals surface area contributed by atoms with Crippen LogP contribution < -0.4 is 11.1 Å². The Kier molecular flexibility index (Phi) is 6.36. The van der Waals surface area contributed by atoms with Gasteiger partial charge in [-0.1, -0.05) is 11.2 Å². The normalized spacial score (nSPS) is 20.6. The average molecular weight is 492 g/mol. The van der Waals surface area contributed by atoms with Crippen molar-refractivity contribution in [2.24, 2.45) is 5.16 Å². The van der Waals surface area contributed by atoms with E-state index in [-0.39, 0.29) is 22.2 Å². The predicted molar refractivity (Wildman–Crippen MR) is 117 cm³/mol. The van der Waals surface area contributed by atoms with E-state index in [2.05, 4.69) is 31.0 Å². The standard InChI is InChI=1S/C17H17N9O5S2/c1-31-22-11(8-5-33-17(18)20-8)14(27)21-12-9-6-32-10(3-2-4-25-7-19-23-24-25)13(16(29)30)26(9)15(12)28/h2-3,5,7,9,12H,4,6H2,1H3,(H2,18,20)(H,21,27)(H,29,30). The number of aliphatic carboxylic acids is 1. The van der Waals surface area contributed by atoms with Crippen LogP contribution in [-0.2, 0) is 25.8 Å². The molecule has 2 amide bonds. The minimum atomic E-state index is -1.24. The van der Waals surface area contributed by atoms with Crippen molar-refractivity contribution in [3.8, 4) is 0 Å². The lowest BCUT2D eigenvalue weighted by Crippen LogP contribution is -2.73. The van der Waals surface area contributed by atoms with Gasteiger partial charge in [0.25, 0.3) is 11.8 Å². The van der Waals surface area contributed by atoms with Gasteiger partial charge in [-0.25, -0.2) is 14.5 Å². The summed E-state index contributed by atoms with van der Waals surface area (Å²) in [5, 5.41) is 28.6. The molecule has 16 heteroatoms. The lowest BCUT2D eigenvalue weighted by Gasteiger charge is -2.49. The maximum Gasteiger partial charge on any atom is 0.353 e. The largest absolute Gasteiger partial charge is 0.477 e. The molecule has 0 bridgehead atoms. The molecule has 2 aromatic rings. The summed E-state index contributed by atoms with van der Waals surface area (Å²) >= 11 is 2.40. The molecule has 33 heavy (non-hydrogen) atoms. The Hall–Kier alpha value is -3.79. The molecule has 14 nitrogen and oxygen atoms in total. The van der Waals surface area contributed by atoms with E-state index in [1.54, 1.807) is 12.2 Å². The minimum Gasteiger partial charge on any atom is -0.477 e. The first kappa shape index (κ1) is 22.4. The van der Waals surface area contributed by atoms with E-state index in [0.29, 0.717) is 17.2 Å². The molecule has 2 aliphatic heterocycles. The van der Waals surface area contributed by atoms with E-state index < -0.39 is 29.9 Å². The van der Waals surface area contributed by atoms with Gasteiger partial charge < -0.3 is 21.0 Å². The number of nitrogens with one attached hydrogen (secondary N) is 1. The number of nitrogens with zero attached hydrogens (tertiary/aromatic N) is 7. The first-order valence-electron chi connectivity index (χ1n) is 9.34. The van der Waals surface area contributed by atoms with E-state index in [4.69, 9.17) is 10.6 Å². The highest BCUT2D eigenvalue weighted by atomic mass is 32.2. The summed E-state index contributed by atoms with van der Waals surface area (Å²) in [7, 11) is 1.27. The molecule has 0 aromatic carbocycles. The summed E-state index contributed by atoms with van der Waals surface area (Å²) in [5.74, 6) is -2.07. The van der Waals surface area contributed by atoms with E-state index in [1.165, 1.54) is 40.2 Å². The van der Waals surface area contributed by atoms with Crippen molar-refractivity contribution in [1.82, 2.24) is 35.4 Å². The van der Waals surface area contributed by atoms with Gasteiger partial charge >= 0.3 is 5.97 Å². The van der Waals surface area contributed by atoms with Crippen LogP contribution in [0, 0.1) is 0 Å². The number of hydrogen-bond acceptors (Lipinski definition) is 12. The monoisotopic (exact) mass is 491 g/mol. The number of oxime groups is 1. The molecule has 1 saturated heterocycles. The van der Waals surface area contributed by atoms with Crippen LogP contribution in [0.2, 0.25) is 0 Å². The Morgan fingerprint density at radius 1 is 1.48 bits per heavy atom. The molecule has 4 heterocycles. The summed E-state index contributed by atoms with van der Waals surface area (Å²) in [5.41, 5.74) is 5.55. The molecule has 4 N–H and O–H groups in total. The SMILES string of the molecule is CON=C(C(=O)NC1C(=O)N2C(C(=O)O)=C(C=CCn3cnnn3)SCC12)c1csc(N)n1. The van der Waals surface area contributed by atoms with Gasteiger partial charge in [-0.15, -0.1) is 28.2 Å². The van der Waals surface area contributed by atoms with E-state index >= 15 is 0 Å². The molecule has 2 aliphatic rings. The smallest absolute Gasteiger partial charge is 0.353 e. The van der Waals surface area contributed by atoms with E-state index in [9.17, 15) is 19.5 Å². The van der Waals surface area contributed by atoms with Crippen LogP contribution in [0.4, 0.5) is 5.13 Å². The zero-order chi connectivity index (χ0) is 23.5. The lowest BCUT2D eigenvalue weighted by molar-refractivity contribution is -0.153. The van der Waals surface area contributed by atoms with Gasteiger partial charge in [0.05, 0.1) is 12.6 Å². The summed E-state index contributed by atoms with van der Waals surface area (Å²) < 4.78 is 1.46. The number of fused-ring (bicyclic) bond motifs is 1. The van der Waals surface area contributed by atoms with Crippen LogP contribution in [-0.4, -0.2) is 83.6 Å². The van der Waals surface area contributed by atoms with Crippen molar-refractivity contribution in [3.05, 3.63) is 40.2 Å². The number of aromatic nitrogens is 5. The number of carbonyl (C=O) groups is 3. The fourth-order valence-electron chi connectivity index (χ4n) is 3.28. The molecule has 2 aromatic heterocycles. The van der Waals surface area contributed by atoms with Crippen molar-refractivity contribution in [3.63, 3.8) is 0 Å². The number of nitrogen functional groups attached to an aromatic ring is 1. The number of hydrogen-bond donors (Lipinski definition) is 3. The molecule has 0 spiro atoms. The second-order valence-electron chi connectivity index (χ2n) is 6.68. The number of carbonyl (C=O) groups excluding carboxylic acids is 2. The van der Waals surface area contributed by atoms with E-state index in [0.717, 1.165) is 11.3 Å². The zero-order valence-corrected chi connectivity index (χ0v) is 18.6. The Balaban J connectivity index is 1.49. The highest BCUT2D eigenvalue weighted by Crippen LogP contribution is 2.39. The van der Waals surface area contributed by atoms with Crippen molar-refractivity contribution in [2.75, 3.05) is 18.6 Å². The summed E-state index contributed by atoms with van der Waals surface area (Å²) in [6.45, 7) is 0.336. The zero-order valence-electron chi connectivity index (χ0n) is 17.0. The number of allylic oxidation sites excluding steroid dienone is 2. The summed E-state index contributed by atoms with van der Waals surface area (Å²) in [4.78, 5) is 47.9. The molecular formula is C17H17N9O5S2. The third kappa shape index (κ3) is 4.42. The van der Waals surface area contributed by atoms with Gasteiger partial charge in [-0.3, -0.25) is 14.5 Å². The molecule has 2 atom stereocenters. The molecule has 1 fully saturated rings. The Morgan fingerprint density at radius 2 is 2.30 bits per heavy atom. The summed E-state index contributed by atoms with van der Waals surface area (Å²) in [6, 6.07) is -1.44. The second kappa shape index (κ2) is 9.37. The highest BCUT2D eigenvalue weighted by molar-refractivity contribution is 8.03. The van der Waals surface area contributed by atoms with Crippen LogP contribution >= 0.6 is 23.1 Å². The molecule has 4 rings (SSSR count). The van der Waals surface area contributed by atoms with Gasteiger partial charge in [-0.05, 0) is 16.5 Å². The number of thiazole rings is 1. The third-order valence-electron chi connectivity index (χ3n) is 4.71. The van der Waals surface area contributed by atoms with Gasteiger partial charge in [-0.2, -0.15) is 0 Å². The Bertz CT molecular complexity index is 1170. The number of rotatable bonds is 8. The Morgan fingerprint density at radius 3 is 2.94 bits per heavy atom. The van der Waals surface area contributed by atoms with Crippen LogP contribution in [0.3, 0.4) is 0 Å². The van der Waals surface area contributed by atoms with Crippen molar-refractivity contribution < 1.29 is 24.3 Å². The number of nitrogens with two attached hydrogens (primary N) is 1. The number of β-lactam (4-membered cyclic amide) rings is 1. The fraction of sp³-hybridized carbons (Fsp3) is 0.294. The van der Waals surface area contributed by atoms with Crippen LogP contribution in [0.1, 0.15) is 5.69 Å². The highest BCUT2D eigenvalue weighted by Gasteiger charge is 2.53. The average Bonchev–Trinajstić information content (AvgIpc) is 3.46. The molecular weight excluding hydrogens is 474 g/mol. The quantitative estimate of drug-likeness (QED) is 0.234. The topological polar surface area (TPSA) is 191 Å². The third-order valence-corrected chi connectivity index (χ3v) is 6.53. The molecule has 2 unspecified atom stereocenters. The number of carboxylic acid groups (broad SMARTS) is 1. The van der Waals surface area contributed by atoms with Crippen molar-refractivity contribution in [1.29, 1.82) is 0 Å². The molecule has 0 radical (unpaired) electrons. The molecule has 0 aliphatic carbocycles. The Labute approximate surface area is 194 Å². The fourth-order valence-corrected chi connectivity index (χ4v) is 5.04. The van der Waals surface area contributed by atoms with Crippen LogP contribution in [0.25, 0.3) is 0 Å². The minimum absolute atomic E-state index is 0.139. The van der Waals surface area contributed by atoms with Gasteiger partial charge in [0, 0.05) is 16.0 Å². The first-order valence-corrected chi connectivity index (χ1v) is 11.2. The van der Waals surface area contributed by atoms with Crippen molar-refractivity contribution in [2.45, 2.75) is 18.6 Å². The maximum atomic E-state index is 12.8. The summed E-state index contributed by atoms with van der Waals surface area (Å²) in [6.07, 6.45) is 4.73. The lowest BCUT2D eigenvalue weighted by atomic mass is 9.94. The van der Waals surface area contributed by atoms with Crippen molar-refractivity contribution >= 4 is 51.7 Å². The maximum absolute atomic E-state index is 12.8. The van der Waals surface area contributed by atoms with Gasteiger partial charge in [0.2, 0.25) is 0 Å². The molecule has 172 valence electrons. The number of thioether (sulfide) groups is 1. The van der Waals surface area contributed by atoms with Gasteiger partial charge in [0.15, 0.2) is 10.8 Å². The second-order valence-corrected chi connectivity index (χ2v) is 8.63. The number of tetrazole rings is 1. The van der Waals surface area contributed by atoms with Crippen LogP contribution in [0.15, 0.2) is 39.6 Å². The first-order chi connectivity index (χ1) is 15.9. The number of carboxylic acids is 1. The predicted octanol–water partition coefficient (Wildman–Crippen LogP) is -0.943. The van der Waals surface area contributed by atoms with Gasteiger partial charge in [0.1, 0.15) is 30.9 Å². The van der Waals surface area contributed by atoms with E-state index in [1.807, 2.05) is 0 Å². The van der Waals surface area contributed by atoms with Crippen LogP contribution in [0.5, 0.6) is 0 Å².